The summed E-state index contributed by atoms with van der Waals surface area (Å²) in [4.78, 5) is 18.5. The van der Waals surface area contributed by atoms with Crippen LogP contribution in [-0.4, -0.2) is 39.2 Å². The van der Waals surface area contributed by atoms with Crippen LogP contribution in [-0.2, 0) is 16.4 Å². The van der Waals surface area contributed by atoms with Crippen molar-refractivity contribution in [2.45, 2.75) is 17.7 Å². The van der Waals surface area contributed by atoms with E-state index in [1.807, 2.05) is 72.8 Å². The first-order valence-corrected chi connectivity index (χ1v) is 15.3. The van der Waals surface area contributed by atoms with Gasteiger partial charge in [-0.25, -0.2) is 13.4 Å². The van der Waals surface area contributed by atoms with Crippen molar-refractivity contribution in [1.29, 1.82) is 0 Å². The molecule has 0 spiro atoms. The number of rotatable bonds is 7. The van der Waals surface area contributed by atoms with Crippen molar-refractivity contribution < 1.29 is 17.9 Å². The number of nitrogens with zero attached hydrogens (tertiary/aromatic N) is 4. The summed E-state index contributed by atoms with van der Waals surface area (Å²) in [5.74, 6) is 0.252. The lowest BCUT2D eigenvalue weighted by atomic mass is 10.0. The van der Waals surface area contributed by atoms with Gasteiger partial charge in [0.05, 0.1) is 34.1 Å². The number of hydrazone groups is 1. The summed E-state index contributed by atoms with van der Waals surface area (Å²) in [6.45, 7) is 0.407. The van der Waals surface area contributed by atoms with Gasteiger partial charge in [0.15, 0.2) is 0 Å². The smallest absolute Gasteiger partial charge is 0.280 e. The number of hydrogen-bond acceptors (Lipinski definition) is 7. The van der Waals surface area contributed by atoms with Crippen LogP contribution >= 0.6 is 11.3 Å². The average Bonchev–Trinajstić information content (AvgIpc) is 3.44. The van der Waals surface area contributed by atoms with Crippen LogP contribution in [0.1, 0.15) is 27.9 Å². The number of benzene rings is 4. The zero-order valence-electron chi connectivity index (χ0n) is 22.2. The van der Waals surface area contributed by atoms with Gasteiger partial charge in [0.2, 0.25) is 5.13 Å². The second-order valence-electron chi connectivity index (χ2n) is 9.44. The molecule has 0 saturated carbocycles. The van der Waals surface area contributed by atoms with Crippen molar-refractivity contribution in [1.82, 2.24) is 4.98 Å². The monoisotopic (exact) mass is 582 g/mol. The van der Waals surface area contributed by atoms with E-state index in [2.05, 4.69) is 10.1 Å². The van der Waals surface area contributed by atoms with Crippen molar-refractivity contribution in [2.75, 3.05) is 23.0 Å². The van der Waals surface area contributed by atoms with Crippen LogP contribution in [0.25, 0.3) is 10.2 Å². The minimum atomic E-state index is -3.80. The Morgan fingerprint density at radius 2 is 1.76 bits per heavy atom. The number of amides is 1. The maximum Gasteiger partial charge on any atom is 0.280 e. The molecule has 0 unspecified atom stereocenters. The third kappa shape index (κ3) is 5.31. The first-order valence-electron chi connectivity index (χ1n) is 13.0. The summed E-state index contributed by atoms with van der Waals surface area (Å²) < 4.78 is 34.8. The normalized spacial score (nSPS) is 13.3. The Morgan fingerprint density at radius 3 is 2.54 bits per heavy atom. The molecule has 10 heteroatoms. The zero-order chi connectivity index (χ0) is 28.4. The summed E-state index contributed by atoms with van der Waals surface area (Å²) in [5, 5.41) is 6.12. The van der Waals surface area contributed by atoms with Crippen LogP contribution < -0.4 is 14.1 Å². The van der Waals surface area contributed by atoms with E-state index in [0.717, 1.165) is 28.7 Å². The summed E-state index contributed by atoms with van der Waals surface area (Å²) in [7, 11) is -2.21. The number of para-hydroxylation sites is 1. The fourth-order valence-corrected chi connectivity index (χ4v) is 7.22. The number of sulfonamides is 1. The summed E-state index contributed by atoms with van der Waals surface area (Å²) in [5.41, 5.74) is 3.52. The molecule has 206 valence electrons. The van der Waals surface area contributed by atoms with Crippen molar-refractivity contribution in [3.63, 3.8) is 0 Å². The van der Waals surface area contributed by atoms with Crippen LogP contribution in [0.15, 0.2) is 107 Å². The van der Waals surface area contributed by atoms with E-state index in [1.54, 1.807) is 13.3 Å². The number of fused-ring (bicyclic) bond motifs is 2. The highest BCUT2D eigenvalue weighted by Crippen LogP contribution is 2.34. The molecule has 5 aromatic rings. The standard InChI is InChI=1S/C31H26N4O4S2/c1-39-25-15-18-27-29(20-25)40-31(33-27)35(32-21-22-8-3-2-4-9-22)30(36)24-13-16-26(17-14-24)41(37,38)34-19-7-11-23-10-5-6-12-28(23)34/h2-6,8-10,12-18,20-21H,7,11,19H2,1H3/b32-21+. The van der Waals surface area contributed by atoms with Gasteiger partial charge >= 0.3 is 0 Å². The number of carbonyl (C=O) groups excluding carboxylic acids is 1. The fraction of sp³-hybridized carbons (Fsp3) is 0.129. The van der Waals surface area contributed by atoms with E-state index in [4.69, 9.17) is 4.74 Å². The van der Waals surface area contributed by atoms with Gasteiger partial charge in [-0.1, -0.05) is 59.9 Å². The molecule has 0 fully saturated rings. The van der Waals surface area contributed by atoms with Crippen molar-refractivity contribution in [2.24, 2.45) is 5.10 Å². The second-order valence-corrected chi connectivity index (χ2v) is 12.3. The van der Waals surface area contributed by atoms with Gasteiger partial charge < -0.3 is 4.74 Å². The predicted molar refractivity (Wildman–Crippen MR) is 163 cm³/mol. The topological polar surface area (TPSA) is 92.2 Å². The number of thiazole rings is 1. The third-order valence-corrected chi connectivity index (χ3v) is 9.66. The second kappa shape index (κ2) is 11.1. The summed E-state index contributed by atoms with van der Waals surface area (Å²) in [6, 6.07) is 28.5. The molecule has 0 aliphatic carbocycles. The van der Waals surface area contributed by atoms with Crippen LogP contribution in [0.4, 0.5) is 10.8 Å². The number of aromatic nitrogens is 1. The molecule has 1 aromatic heterocycles. The summed E-state index contributed by atoms with van der Waals surface area (Å²) >= 11 is 1.31. The molecule has 2 heterocycles. The van der Waals surface area contributed by atoms with Gasteiger partial charge in [0.1, 0.15) is 5.75 Å². The number of hydrogen-bond donors (Lipinski definition) is 0. The highest BCUT2D eigenvalue weighted by Gasteiger charge is 2.29. The number of carbonyl (C=O) groups is 1. The zero-order valence-corrected chi connectivity index (χ0v) is 23.8. The van der Waals surface area contributed by atoms with E-state index in [0.29, 0.717) is 28.6 Å². The molecule has 0 saturated heterocycles. The Balaban J connectivity index is 1.33. The van der Waals surface area contributed by atoms with Gasteiger partial charge in [-0.15, -0.1) is 0 Å². The molecule has 41 heavy (non-hydrogen) atoms. The SMILES string of the molecule is COc1ccc2nc(N(/N=C/c3ccccc3)C(=O)c3ccc(S(=O)(=O)N4CCCc5ccccc54)cc3)sc2c1. The van der Waals surface area contributed by atoms with E-state index in [-0.39, 0.29) is 10.5 Å². The van der Waals surface area contributed by atoms with Crippen LogP contribution in [0.3, 0.4) is 0 Å². The molecule has 0 radical (unpaired) electrons. The van der Waals surface area contributed by atoms with Gasteiger partial charge in [0, 0.05) is 12.1 Å². The van der Waals surface area contributed by atoms with Crippen molar-refractivity contribution in [3.05, 3.63) is 114 Å². The Bertz CT molecular complexity index is 1850. The van der Waals surface area contributed by atoms with Gasteiger partial charge in [-0.05, 0) is 72.5 Å². The van der Waals surface area contributed by atoms with Gasteiger partial charge in [0.25, 0.3) is 15.9 Å². The predicted octanol–water partition coefficient (Wildman–Crippen LogP) is 6.13. The Morgan fingerprint density at radius 1 is 1.00 bits per heavy atom. The molecule has 8 nitrogen and oxygen atoms in total. The Hall–Kier alpha value is -4.54. The minimum Gasteiger partial charge on any atom is -0.497 e. The molecule has 1 aliphatic rings. The first kappa shape index (κ1) is 26.7. The highest BCUT2D eigenvalue weighted by atomic mass is 32.2. The summed E-state index contributed by atoms with van der Waals surface area (Å²) in [6.07, 6.45) is 3.18. The molecular weight excluding hydrogens is 556 g/mol. The molecule has 0 atom stereocenters. The van der Waals surface area contributed by atoms with E-state index in [9.17, 15) is 13.2 Å². The van der Waals surface area contributed by atoms with Gasteiger partial charge in [-0.3, -0.25) is 9.10 Å². The largest absolute Gasteiger partial charge is 0.497 e. The Kier molecular flexibility index (Phi) is 7.25. The lowest BCUT2D eigenvalue weighted by Gasteiger charge is -2.30. The number of anilines is 2. The average molecular weight is 583 g/mol. The van der Waals surface area contributed by atoms with Crippen LogP contribution in [0.5, 0.6) is 5.75 Å². The maximum atomic E-state index is 13.8. The van der Waals surface area contributed by atoms with E-state index < -0.39 is 15.9 Å². The number of ether oxygens (including phenoxy) is 1. The van der Waals surface area contributed by atoms with Gasteiger partial charge in [-0.2, -0.15) is 10.1 Å². The quantitative estimate of drug-likeness (QED) is 0.170. The van der Waals surface area contributed by atoms with E-state index in [1.165, 1.54) is 44.9 Å². The fourth-order valence-electron chi connectivity index (χ4n) is 4.73. The third-order valence-electron chi connectivity index (χ3n) is 6.84. The minimum absolute atomic E-state index is 0.122. The molecule has 6 rings (SSSR count). The maximum absolute atomic E-state index is 13.8. The Labute approximate surface area is 242 Å². The van der Waals surface area contributed by atoms with Crippen LogP contribution in [0, 0.1) is 0 Å². The first-order chi connectivity index (χ1) is 19.9. The van der Waals surface area contributed by atoms with E-state index >= 15 is 0 Å². The number of methoxy groups -OCH3 is 1. The van der Waals surface area contributed by atoms with Crippen LogP contribution in [0.2, 0.25) is 0 Å². The van der Waals surface area contributed by atoms with Crippen molar-refractivity contribution in [3.8, 4) is 5.75 Å². The molecule has 4 aromatic carbocycles. The molecule has 0 bridgehead atoms. The molecule has 0 N–H and O–H groups in total. The lowest BCUT2D eigenvalue weighted by Crippen LogP contribution is -2.35. The molecular formula is C31H26N4O4S2. The molecule has 1 amide bonds. The molecule has 1 aliphatic heterocycles. The van der Waals surface area contributed by atoms with Crippen molar-refractivity contribution >= 4 is 54.5 Å². The number of aryl methyl sites for hydroxylation is 1. The lowest BCUT2D eigenvalue weighted by molar-refractivity contribution is 0.0987. The highest BCUT2D eigenvalue weighted by molar-refractivity contribution is 7.92.